The van der Waals surface area contributed by atoms with Crippen molar-refractivity contribution in [2.75, 3.05) is 61.4 Å². The van der Waals surface area contributed by atoms with E-state index in [2.05, 4.69) is 56.9 Å². The van der Waals surface area contributed by atoms with Gasteiger partial charge in [-0.05, 0) is 51.6 Å². The molecule has 1 aromatic heterocycles. The number of amides is 1. The summed E-state index contributed by atoms with van der Waals surface area (Å²) in [4.78, 5) is 28.1. The Morgan fingerprint density at radius 2 is 1.75 bits per heavy atom. The molecule has 7 heteroatoms. The summed E-state index contributed by atoms with van der Waals surface area (Å²) < 4.78 is 0. The summed E-state index contributed by atoms with van der Waals surface area (Å²) in [6.07, 6.45) is 3.21. The minimum absolute atomic E-state index is 0.191. The second-order valence-corrected chi connectivity index (χ2v) is 7.19. The second kappa shape index (κ2) is 9.01. The molecule has 1 amide bonds. The molecule has 0 unspecified atom stereocenters. The number of piperazine rings is 1. The zero-order valence-electron chi connectivity index (χ0n) is 17.3. The monoisotopic (exact) mass is 382 g/mol. The lowest BCUT2D eigenvalue weighted by molar-refractivity contribution is 0.102. The van der Waals surface area contributed by atoms with Crippen molar-refractivity contribution in [2.45, 2.75) is 20.8 Å². The highest BCUT2D eigenvalue weighted by atomic mass is 16.1. The van der Waals surface area contributed by atoms with Gasteiger partial charge in [-0.15, -0.1) is 0 Å². The van der Waals surface area contributed by atoms with Gasteiger partial charge in [0.05, 0.1) is 5.56 Å². The van der Waals surface area contributed by atoms with E-state index in [0.717, 1.165) is 50.5 Å². The van der Waals surface area contributed by atoms with Crippen LogP contribution in [-0.2, 0) is 0 Å². The van der Waals surface area contributed by atoms with Gasteiger partial charge >= 0.3 is 0 Å². The summed E-state index contributed by atoms with van der Waals surface area (Å²) in [6.45, 7) is 12.0. The fourth-order valence-corrected chi connectivity index (χ4v) is 3.38. The largest absolute Gasteiger partial charge is 0.372 e. The van der Waals surface area contributed by atoms with Crippen LogP contribution in [0.5, 0.6) is 0 Å². The quantitative estimate of drug-likeness (QED) is 0.829. The molecule has 2 aromatic rings. The number of anilines is 3. The molecule has 0 aliphatic carbocycles. The molecule has 1 fully saturated rings. The number of nitrogens with zero attached hydrogens (tertiary/aromatic N) is 5. The van der Waals surface area contributed by atoms with Crippen molar-refractivity contribution >= 4 is 23.2 Å². The number of rotatable bonds is 6. The number of hydrogen-bond donors (Lipinski definition) is 1. The number of carbonyl (C=O) groups is 1. The van der Waals surface area contributed by atoms with Gasteiger partial charge in [-0.25, -0.2) is 9.97 Å². The molecule has 2 heterocycles. The number of nitrogens with one attached hydrogen (secondary N) is 1. The Balaban J connectivity index is 1.66. The van der Waals surface area contributed by atoms with Gasteiger partial charge in [0.25, 0.3) is 5.91 Å². The van der Waals surface area contributed by atoms with Crippen LogP contribution < -0.4 is 15.1 Å². The third-order valence-electron chi connectivity index (χ3n) is 5.27. The first kappa shape index (κ1) is 20.1. The normalized spacial score (nSPS) is 14.8. The van der Waals surface area contributed by atoms with E-state index in [9.17, 15) is 4.79 Å². The average molecular weight is 383 g/mol. The van der Waals surface area contributed by atoms with E-state index < -0.39 is 0 Å². The lowest BCUT2D eigenvalue weighted by Crippen LogP contribution is -2.45. The Morgan fingerprint density at radius 1 is 1.11 bits per heavy atom. The summed E-state index contributed by atoms with van der Waals surface area (Å²) in [5.41, 5.74) is 3.47. The third-order valence-corrected chi connectivity index (χ3v) is 5.27. The molecule has 1 aliphatic heterocycles. The van der Waals surface area contributed by atoms with Crippen LogP contribution in [0.3, 0.4) is 0 Å². The molecule has 1 aliphatic rings. The third kappa shape index (κ3) is 4.59. The molecule has 7 nitrogen and oxygen atoms in total. The zero-order chi connectivity index (χ0) is 20.1. The van der Waals surface area contributed by atoms with Crippen molar-refractivity contribution in [2.24, 2.45) is 0 Å². The first-order valence-corrected chi connectivity index (χ1v) is 9.94. The van der Waals surface area contributed by atoms with Gasteiger partial charge in [0.15, 0.2) is 0 Å². The molecule has 0 radical (unpaired) electrons. The van der Waals surface area contributed by atoms with Crippen LogP contribution in [0.4, 0.5) is 17.3 Å². The lowest BCUT2D eigenvalue weighted by atomic mass is 10.1. The average Bonchev–Trinajstić information content (AvgIpc) is 2.71. The van der Waals surface area contributed by atoms with Crippen LogP contribution >= 0.6 is 0 Å². The predicted octanol–water partition coefficient (Wildman–Crippen LogP) is 2.64. The SMILES string of the molecule is CCN(CC)c1ccc(NC(=O)c2cnc(N3CCN(C)CC3)nc2)c(C)c1. The van der Waals surface area contributed by atoms with Gasteiger partial charge in [-0.3, -0.25) is 4.79 Å². The van der Waals surface area contributed by atoms with Crippen molar-refractivity contribution in [1.82, 2.24) is 14.9 Å². The first-order chi connectivity index (χ1) is 13.5. The van der Waals surface area contributed by atoms with Crippen LogP contribution in [-0.4, -0.2) is 67.1 Å². The number of hydrogen-bond acceptors (Lipinski definition) is 6. The maximum atomic E-state index is 12.6. The molecule has 3 rings (SSSR count). The van der Waals surface area contributed by atoms with Crippen LogP contribution in [0.1, 0.15) is 29.8 Å². The highest BCUT2D eigenvalue weighted by Gasteiger charge is 2.17. The molecule has 0 bridgehead atoms. The van der Waals surface area contributed by atoms with Crippen molar-refractivity contribution in [3.05, 3.63) is 41.7 Å². The predicted molar refractivity (Wildman–Crippen MR) is 114 cm³/mol. The standard InChI is InChI=1S/C21H30N6O/c1-5-26(6-2)18-7-8-19(16(3)13-18)24-20(28)17-14-22-21(23-15-17)27-11-9-25(4)10-12-27/h7-8,13-15H,5-6,9-12H2,1-4H3,(H,24,28). The molecule has 28 heavy (non-hydrogen) atoms. The maximum Gasteiger partial charge on any atom is 0.258 e. The van der Waals surface area contributed by atoms with E-state index in [4.69, 9.17) is 0 Å². The zero-order valence-corrected chi connectivity index (χ0v) is 17.3. The summed E-state index contributed by atoms with van der Waals surface area (Å²) in [7, 11) is 2.11. The number of likely N-dealkylation sites (N-methyl/N-ethyl adjacent to an activating group) is 1. The fraction of sp³-hybridized carbons (Fsp3) is 0.476. The van der Waals surface area contributed by atoms with E-state index in [1.54, 1.807) is 12.4 Å². The maximum absolute atomic E-state index is 12.6. The molecule has 1 saturated heterocycles. The molecule has 0 spiro atoms. The second-order valence-electron chi connectivity index (χ2n) is 7.19. The van der Waals surface area contributed by atoms with Gasteiger partial charge in [0.1, 0.15) is 0 Å². The first-order valence-electron chi connectivity index (χ1n) is 9.94. The van der Waals surface area contributed by atoms with Gasteiger partial charge in [-0.1, -0.05) is 0 Å². The smallest absolute Gasteiger partial charge is 0.258 e. The number of benzene rings is 1. The minimum Gasteiger partial charge on any atom is -0.372 e. The van der Waals surface area contributed by atoms with E-state index in [0.29, 0.717) is 11.5 Å². The van der Waals surface area contributed by atoms with E-state index in [1.165, 1.54) is 5.69 Å². The van der Waals surface area contributed by atoms with E-state index in [-0.39, 0.29) is 5.91 Å². The highest BCUT2D eigenvalue weighted by Crippen LogP contribution is 2.23. The van der Waals surface area contributed by atoms with Gasteiger partial charge in [0.2, 0.25) is 5.95 Å². The highest BCUT2D eigenvalue weighted by molar-refractivity contribution is 6.04. The molecule has 150 valence electrons. The van der Waals surface area contributed by atoms with Crippen molar-refractivity contribution in [3.8, 4) is 0 Å². The fourth-order valence-electron chi connectivity index (χ4n) is 3.38. The minimum atomic E-state index is -0.191. The summed E-state index contributed by atoms with van der Waals surface area (Å²) in [6, 6.07) is 6.11. The molecular formula is C21H30N6O. The van der Waals surface area contributed by atoms with Gasteiger partial charge in [0, 0.05) is 63.0 Å². The van der Waals surface area contributed by atoms with Crippen LogP contribution in [0.15, 0.2) is 30.6 Å². The molecule has 1 N–H and O–H groups in total. The number of aryl methyl sites for hydroxylation is 1. The molecule has 1 aromatic carbocycles. The Labute approximate surface area is 167 Å². The van der Waals surface area contributed by atoms with E-state index in [1.807, 2.05) is 19.1 Å². The number of aromatic nitrogens is 2. The Kier molecular flexibility index (Phi) is 6.46. The lowest BCUT2D eigenvalue weighted by Gasteiger charge is -2.32. The number of carbonyl (C=O) groups excluding carboxylic acids is 1. The van der Waals surface area contributed by atoms with Crippen molar-refractivity contribution in [1.29, 1.82) is 0 Å². The molecule has 0 saturated carbocycles. The molecule has 0 atom stereocenters. The van der Waals surface area contributed by atoms with Gasteiger partial charge < -0.3 is 20.0 Å². The van der Waals surface area contributed by atoms with Crippen LogP contribution in [0.25, 0.3) is 0 Å². The van der Waals surface area contributed by atoms with Crippen LogP contribution in [0, 0.1) is 6.92 Å². The Hall–Kier alpha value is -2.67. The summed E-state index contributed by atoms with van der Waals surface area (Å²) >= 11 is 0. The Bertz CT molecular complexity index is 795. The summed E-state index contributed by atoms with van der Waals surface area (Å²) in [5, 5.41) is 2.98. The van der Waals surface area contributed by atoms with Gasteiger partial charge in [-0.2, -0.15) is 0 Å². The molecular weight excluding hydrogens is 352 g/mol. The van der Waals surface area contributed by atoms with Crippen LogP contribution in [0.2, 0.25) is 0 Å². The Morgan fingerprint density at radius 3 is 2.32 bits per heavy atom. The van der Waals surface area contributed by atoms with E-state index >= 15 is 0 Å². The van der Waals surface area contributed by atoms with Crippen molar-refractivity contribution in [3.63, 3.8) is 0 Å². The topological polar surface area (TPSA) is 64.6 Å². The summed E-state index contributed by atoms with van der Waals surface area (Å²) in [5.74, 6) is 0.494. The van der Waals surface area contributed by atoms with Crippen molar-refractivity contribution < 1.29 is 4.79 Å².